The maximum atomic E-state index is 13.1. The van der Waals surface area contributed by atoms with Crippen molar-refractivity contribution >= 4 is 65.4 Å². The highest BCUT2D eigenvalue weighted by Gasteiger charge is 2.60. The second-order valence-corrected chi connectivity index (χ2v) is 16.3. The first-order valence-corrected chi connectivity index (χ1v) is 22.0. The van der Waals surface area contributed by atoms with Crippen molar-refractivity contribution in [3.8, 4) is 0 Å². The molecule has 15 atom stereocenters. The van der Waals surface area contributed by atoms with Crippen molar-refractivity contribution in [2.24, 2.45) is 0 Å². The van der Waals surface area contributed by atoms with Crippen LogP contribution in [0.15, 0.2) is 24.3 Å². The molecule has 3 aliphatic rings. The third-order valence-corrected chi connectivity index (χ3v) is 10.2. The molecule has 4 rings (SSSR count). The molecule has 0 radical (unpaired) electrons. The highest BCUT2D eigenvalue weighted by Crippen LogP contribution is 2.38. The van der Waals surface area contributed by atoms with Gasteiger partial charge in [-0.05, 0) is 19.1 Å². The number of aryl methyl sites for hydroxylation is 1. The minimum Gasteiger partial charge on any atom is -0.463 e. The van der Waals surface area contributed by atoms with E-state index in [9.17, 15) is 47.9 Å². The Bertz CT molecular complexity index is 2100. The van der Waals surface area contributed by atoms with Crippen LogP contribution in [-0.2, 0) is 119 Å². The predicted molar refractivity (Wildman–Crippen MR) is 229 cm³/mol. The van der Waals surface area contributed by atoms with E-state index in [1.54, 1.807) is 24.3 Å². The van der Waals surface area contributed by atoms with Crippen LogP contribution in [0.3, 0.4) is 0 Å². The van der Waals surface area contributed by atoms with Crippen molar-refractivity contribution in [2.75, 3.05) is 25.1 Å². The maximum Gasteiger partial charge on any atom is 0.303 e. The Kier molecular flexibility index (Phi) is 21.0. The fourth-order valence-electron chi connectivity index (χ4n) is 7.73. The summed E-state index contributed by atoms with van der Waals surface area (Å²) in [7, 11) is 0. The fourth-order valence-corrected chi connectivity index (χ4v) is 7.73. The summed E-state index contributed by atoms with van der Waals surface area (Å²) >= 11 is 0. The Morgan fingerprint density at radius 3 is 1.04 bits per heavy atom. The van der Waals surface area contributed by atoms with Gasteiger partial charge in [0.15, 0.2) is 61.5 Å². The number of hydrogen-bond donors (Lipinski definition) is 1. The molecule has 3 saturated heterocycles. The first-order valence-electron chi connectivity index (χ1n) is 22.0. The normalized spacial score (nSPS) is 30.2. The molecule has 394 valence electrons. The molecule has 0 amide bonds. The van der Waals surface area contributed by atoms with Crippen molar-refractivity contribution in [1.29, 1.82) is 0 Å². The Morgan fingerprint density at radius 2 is 0.676 bits per heavy atom. The highest BCUT2D eigenvalue weighted by atomic mass is 16.8. The number of rotatable bonds is 19. The topological polar surface area (TPSA) is 321 Å². The lowest BCUT2D eigenvalue weighted by atomic mass is 9.94. The van der Waals surface area contributed by atoms with Gasteiger partial charge in [0, 0.05) is 74.9 Å². The summed E-state index contributed by atoms with van der Waals surface area (Å²) in [6, 6.07) is 6.91. The second-order valence-electron chi connectivity index (χ2n) is 16.3. The number of carbonyl (C=O) groups is 10. The van der Waals surface area contributed by atoms with E-state index in [1.165, 1.54) is 0 Å². The number of benzene rings is 1. The summed E-state index contributed by atoms with van der Waals surface area (Å²) < 4.78 is 87.2. The molecule has 0 spiro atoms. The number of esters is 10. The van der Waals surface area contributed by atoms with Crippen LogP contribution in [0.1, 0.15) is 74.8 Å². The lowest BCUT2D eigenvalue weighted by Gasteiger charge is -2.50. The molecule has 3 fully saturated rings. The summed E-state index contributed by atoms with van der Waals surface area (Å²) in [5.41, 5.74) is 1.35. The Hall–Kier alpha value is -6.48. The number of ether oxygens (including phenoxy) is 15. The lowest BCUT2D eigenvalue weighted by molar-refractivity contribution is -0.373. The standard InChI is InChI=1S/C45H59NO25/c1-19-12-14-30(15-13-19)46-43-40(64-27(9)54)37(61-24(6)51)35(31(67-43)16-57-20(2)47)70-45-42(66-29(11)56)39(63-26(8)53)36(33(69-45)18-59-22(4)49)71-44-41(65-28(10)55)38(62-25(7)52)34(60-23(5)50)32(68-44)17-58-21(3)48/h12-15,31-46H,16-18H2,1-11H3. The summed E-state index contributed by atoms with van der Waals surface area (Å²) in [5.74, 6) is -9.27. The van der Waals surface area contributed by atoms with E-state index in [2.05, 4.69) is 5.32 Å². The molecule has 26 nitrogen and oxygen atoms in total. The predicted octanol–water partition coefficient (Wildman–Crippen LogP) is 0.563. The number of anilines is 1. The molecular weight excluding hydrogens is 954 g/mol. The van der Waals surface area contributed by atoms with E-state index in [0.717, 1.165) is 74.8 Å². The molecule has 1 aromatic rings. The molecule has 1 aromatic carbocycles. The maximum absolute atomic E-state index is 13.1. The van der Waals surface area contributed by atoms with E-state index in [-0.39, 0.29) is 0 Å². The van der Waals surface area contributed by atoms with Crippen LogP contribution in [-0.4, -0.2) is 172 Å². The first kappa shape index (κ1) is 57.1. The molecule has 0 aromatic heterocycles. The van der Waals surface area contributed by atoms with Crippen LogP contribution in [0.4, 0.5) is 5.69 Å². The van der Waals surface area contributed by atoms with Crippen LogP contribution >= 0.6 is 0 Å². The van der Waals surface area contributed by atoms with Gasteiger partial charge in [0.25, 0.3) is 0 Å². The van der Waals surface area contributed by atoms with Crippen molar-refractivity contribution in [3.63, 3.8) is 0 Å². The summed E-state index contributed by atoms with van der Waals surface area (Å²) in [6.07, 6.45) is -25.9. The molecular formula is C45H59NO25. The molecule has 3 heterocycles. The van der Waals surface area contributed by atoms with E-state index in [0.29, 0.717) is 5.69 Å². The third-order valence-electron chi connectivity index (χ3n) is 10.2. The third kappa shape index (κ3) is 17.1. The molecule has 0 aliphatic carbocycles. The van der Waals surface area contributed by atoms with Gasteiger partial charge in [-0.1, -0.05) is 17.7 Å². The Morgan fingerprint density at radius 1 is 0.380 bits per heavy atom. The minimum absolute atomic E-state index is 0.454. The zero-order valence-electron chi connectivity index (χ0n) is 40.8. The quantitative estimate of drug-likeness (QED) is 0.146. The van der Waals surface area contributed by atoms with E-state index in [4.69, 9.17) is 71.1 Å². The smallest absolute Gasteiger partial charge is 0.303 e. The molecule has 0 saturated carbocycles. The monoisotopic (exact) mass is 1010 g/mol. The molecule has 3 aliphatic heterocycles. The Labute approximate surface area is 407 Å². The second kappa shape index (κ2) is 26.1. The minimum atomic E-state index is -2.00. The number of hydrogen-bond acceptors (Lipinski definition) is 26. The zero-order chi connectivity index (χ0) is 52.9. The van der Waals surface area contributed by atoms with Gasteiger partial charge in [-0.15, -0.1) is 0 Å². The van der Waals surface area contributed by atoms with E-state index >= 15 is 0 Å². The van der Waals surface area contributed by atoms with Crippen LogP contribution in [0.5, 0.6) is 0 Å². The van der Waals surface area contributed by atoms with Gasteiger partial charge in [0.2, 0.25) is 0 Å². The molecule has 15 unspecified atom stereocenters. The van der Waals surface area contributed by atoms with Gasteiger partial charge in [-0.2, -0.15) is 0 Å². The Balaban J connectivity index is 1.91. The van der Waals surface area contributed by atoms with Crippen LogP contribution < -0.4 is 5.32 Å². The van der Waals surface area contributed by atoms with E-state index < -0.39 is 172 Å². The molecule has 0 bridgehead atoms. The molecule has 1 N–H and O–H groups in total. The van der Waals surface area contributed by atoms with E-state index in [1.807, 2.05) is 6.92 Å². The average Bonchev–Trinajstić information content (AvgIpc) is 3.24. The summed E-state index contributed by atoms with van der Waals surface area (Å²) in [5, 5.41) is 3.08. The van der Waals surface area contributed by atoms with Crippen molar-refractivity contribution in [2.45, 2.75) is 168 Å². The fraction of sp³-hybridized carbons (Fsp3) is 0.644. The zero-order valence-corrected chi connectivity index (χ0v) is 40.8. The van der Waals surface area contributed by atoms with Gasteiger partial charge in [0.05, 0.1) is 0 Å². The average molecular weight is 1010 g/mol. The van der Waals surface area contributed by atoms with Gasteiger partial charge in [-0.3, -0.25) is 47.9 Å². The largest absolute Gasteiger partial charge is 0.463 e. The van der Waals surface area contributed by atoms with Crippen molar-refractivity contribution in [1.82, 2.24) is 0 Å². The first-order chi connectivity index (χ1) is 33.3. The number of carbonyl (C=O) groups excluding carboxylic acids is 10. The lowest BCUT2D eigenvalue weighted by Crippen LogP contribution is -2.69. The van der Waals surface area contributed by atoms with Gasteiger partial charge in [-0.25, -0.2) is 0 Å². The summed E-state index contributed by atoms with van der Waals surface area (Å²) in [4.78, 5) is 126. The molecule has 26 heteroatoms. The van der Waals surface area contributed by atoms with Crippen LogP contribution in [0.2, 0.25) is 0 Å². The van der Waals surface area contributed by atoms with Crippen LogP contribution in [0.25, 0.3) is 0 Å². The van der Waals surface area contributed by atoms with Crippen LogP contribution in [0, 0.1) is 6.92 Å². The SMILES string of the molecule is CC(=O)OCC1OC(Nc2ccc(C)cc2)C(OC(C)=O)C(OC(C)=O)C1OC1OC(COC(C)=O)C(OC2OC(COC(C)=O)C(OC(C)=O)C(OC(C)=O)C2OC(C)=O)C(OC(C)=O)C1OC(C)=O. The van der Waals surface area contributed by atoms with Crippen molar-refractivity contribution < 1.29 is 119 Å². The molecule has 71 heavy (non-hydrogen) atoms. The van der Waals surface area contributed by atoms with Crippen molar-refractivity contribution in [3.05, 3.63) is 29.8 Å². The highest BCUT2D eigenvalue weighted by molar-refractivity contribution is 5.70. The van der Waals surface area contributed by atoms with Gasteiger partial charge < -0.3 is 76.4 Å². The number of nitrogens with one attached hydrogen (secondary N) is 1. The van der Waals surface area contributed by atoms with Gasteiger partial charge >= 0.3 is 59.7 Å². The van der Waals surface area contributed by atoms with Gasteiger partial charge in [0.1, 0.15) is 50.3 Å². The summed E-state index contributed by atoms with van der Waals surface area (Å²) in [6.45, 7) is 10.0.